The Morgan fingerprint density at radius 1 is 1.50 bits per heavy atom. The molecule has 0 atom stereocenters. The fraction of sp³-hybridized carbons (Fsp3) is 0.111. The zero-order valence-electron chi connectivity index (χ0n) is 8.27. The average Bonchev–Trinajstić information content (AvgIpc) is 2.64. The topological polar surface area (TPSA) is 80.6 Å². The Bertz CT molecular complexity index is 602. The largest absolute Gasteiger partial charge is 0.294 e. The quantitative estimate of drug-likeness (QED) is 0.741. The molecule has 0 unspecified atom stereocenters. The van der Waals surface area contributed by atoms with E-state index in [0.29, 0.717) is 0 Å². The Balaban J connectivity index is 2.50. The summed E-state index contributed by atoms with van der Waals surface area (Å²) in [5.41, 5.74) is -0.621. The van der Waals surface area contributed by atoms with Gasteiger partial charge in [0.25, 0.3) is 5.56 Å². The number of hydrogen-bond donors (Lipinski definition) is 1. The van der Waals surface area contributed by atoms with Gasteiger partial charge in [-0.05, 0) is 6.92 Å². The number of ketones is 1. The van der Waals surface area contributed by atoms with Gasteiger partial charge >= 0.3 is 0 Å². The standard InChI is InChI=1S/C9H7FN4O2/c1-5(15)7-3-11-9(13-8(7)16)14-4-6(10)2-12-14/h2-4H,1H3,(H,11,13,16). The second kappa shape index (κ2) is 3.69. The predicted octanol–water partition coefficient (Wildman–Crippen LogP) is 0.297. The first-order chi connectivity index (χ1) is 7.58. The molecule has 0 spiro atoms. The summed E-state index contributed by atoms with van der Waals surface area (Å²) < 4.78 is 13.7. The van der Waals surface area contributed by atoms with E-state index < -0.39 is 11.4 Å². The summed E-state index contributed by atoms with van der Waals surface area (Å²) in [5, 5.41) is 3.63. The molecule has 0 radical (unpaired) electrons. The van der Waals surface area contributed by atoms with Crippen molar-refractivity contribution in [2.75, 3.05) is 0 Å². The predicted molar refractivity (Wildman–Crippen MR) is 51.9 cm³/mol. The summed E-state index contributed by atoms with van der Waals surface area (Å²) >= 11 is 0. The van der Waals surface area contributed by atoms with Crippen molar-refractivity contribution >= 4 is 5.78 Å². The molecule has 0 bridgehead atoms. The number of aromatic nitrogens is 4. The third-order valence-corrected chi connectivity index (χ3v) is 1.93. The van der Waals surface area contributed by atoms with E-state index >= 15 is 0 Å². The van der Waals surface area contributed by atoms with Crippen LogP contribution in [0.1, 0.15) is 17.3 Å². The molecular formula is C9H7FN4O2. The van der Waals surface area contributed by atoms with E-state index in [-0.39, 0.29) is 17.3 Å². The monoisotopic (exact) mass is 222 g/mol. The first kappa shape index (κ1) is 10.2. The molecule has 7 heteroatoms. The molecule has 0 aromatic carbocycles. The van der Waals surface area contributed by atoms with Gasteiger partial charge in [-0.1, -0.05) is 0 Å². The molecule has 2 rings (SSSR count). The van der Waals surface area contributed by atoms with Crippen LogP contribution in [0, 0.1) is 5.82 Å². The molecule has 0 saturated heterocycles. The minimum absolute atomic E-state index is 0.0450. The Labute approximate surface area is 88.8 Å². The lowest BCUT2D eigenvalue weighted by Gasteiger charge is -1.99. The number of H-pyrrole nitrogens is 1. The van der Waals surface area contributed by atoms with Crippen LogP contribution in [0.15, 0.2) is 23.4 Å². The lowest BCUT2D eigenvalue weighted by atomic mass is 10.2. The molecule has 16 heavy (non-hydrogen) atoms. The fourth-order valence-electron chi connectivity index (χ4n) is 1.17. The van der Waals surface area contributed by atoms with Crippen molar-refractivity contribution in [1.29, 1.82) is 0 Å². The molecule has 1 N–H and O–H groups in total. The fourth-order valence-corrected chi connectivity index (χ4v) is 1.17. The number of carbonyl (C=O) groups excluding carboxylic acids is 1. The van der Waals surface area contributed by atoms with Crippen LogP contribution in [-0.4, -0.2) is 25.5 Å². The molecule has 0 fully saturated rings. The van der Waals surface area contributed by atoms with Gasteiger partial charge in [-0.15, -0.1) is 0 Å². The van der Waals surface area contributed by atoms with Crippen molar-refractivity contribution < 1.29 is 9.18 Å². The van der Waals surface area contributed by atoms with Crippen LogP contribution < -0.4 is 5.56 Å². The Morgan fingerprint density at radius 2 is 2.25 bits per heavy atom. The van der Waals surface area contributed by atoms with Gasteiger partial charge in [0.2, 0.25) is 5.95 Å². The van der Waals surface area contributed by atoms with E-state index in [4.69, 9.17) is 0 Å². The molecule has 82 valence electrons. The maximum atomic E-state index is 12.7. The van der Waals surface area contributed by atoms with Crippen LogP contribution in [0.25, 0.3) is 5.95 Å². The summed E-state index contributed by atoms with van der Waals surface area (Å²) in [7, 11) is 0. The number of aromatic amines is 1. The van der Waals surface area contributed by atoms with E-state index in [1.165, 1.54) is 6.92 Å². The van der Waals surface area contributed by atoms with Gasteiger partial charge in [-0.2, -0.15) is 5.10 Å². The van der Waals surface area contributed by atoms with Crippen molar-refractivity contribution in [2.24, 2.45) is 0 Å². The summed E-state index contributed by atoms with van der Waals surface area (Å²) in [4.78, 5) is 28.5. The number of hydrogen-bond acceptors (Lipinski definition) is 4. The number of nitrogens with one attached hydrogen (secondary N) is 1. The second-order valence-corrected chi connectivity index (χ2v) is 3.11. The van der Waals surface area contributed by atoms with E-state index in [0.717, 1.165) is 23.3 Å². The van der Waals surface area contributed by atoms with Crippen LogP contribution in [0.3, 0.4) is 0 Å². The van der Waals surface area contributed by atoms with E-state index in [1.807, 2.05) is 0 Å². The zero-order valence-corrected chi connectivity index (χ0v) is 8.27. The van der Waals surface area contributed by atoms with Crippen molar-refractivity contribution in [3.63, 3.8) is 0 Å². The SMILES string of the molecule is CC(=O)c1cnc(-n2cc(F)cn2)[nH]c1=O. The van der Waals surface area contributed by atoms with Crippen LogP contribution in [0.4, 0.5) is 4.39 Å². The minimum Gasteiger partial charge on any atom is -0.294 e. The highest BCUT2D eigenvalue weighted by Crippen LogP contribution is 2.00. The van der Waals surface area contributed by atoms with Gasteiger partial charge in [0.05, 0.1) is 12.4 Å². The molecular weight excluding hydrogens is 215 g/mol. The minimum atomic E-state index is -0.576. The van der Waals surface area contributed by atoms with Crippen LogP contribution in [0.5, 0.6) is 0 Å². The van der Waals surface area contributed by atoms with Gasteiger partial charge in [-0.25, -0.2) is 14.1 Å². The molecule has 0 aliphatic rings. The van der Waals surface area contributed by atoms with Crippen LogP contribution in [0.2, 0.25) is 0 Å². The molecule has 2 aromatic rings. The molecule has 6 nitrogen and oxygen atoms in total. The normalized spacial score (nSPS) is 10.4. The van der Waals surface area contributed by atoms with Crippen LogP contribution in [-0.2, 0) is 0 Å². The third-order valence-electron chi connectivity index (χ3n) is 1.93. The summed E-state index contributed by atoms with van der Waals surface area (Å²) in [6.07, 6.45) is 3.18. The number of rotatable bonds is 2. The lowest BCUT2D eigenvalue weighted by Crippen LogP contribution is -2.19. The van der Waals surface area contributed by atoms with Gasteiger partial charge in [0, 0.05) is 6.20 Å². The maximum absolute atomic E-state index is 12.7. The van der Waals surface area contributed by atoms with Crippen molar-refractivity contribution in [3.8, 4) is 5.95 Å². The van der Waals surface area contributed by atoms with Gasteiger partial charge in [0.1, 0.15) is 5.56 Å². The lowest BCUT2D eigenvalue weighted by molar-refractivity contribution is 0.101. The van der Waals surface area contributed by atoms with Crippen molar-refractivity contribution in [2.45, 2.75) is 6.92 Å². The molecule has 0 amide bonds. The highest BCUT2D eigenvalue weighted by Gasteiger charge is 2.08. The molecule has 0 aliphatic carbocycles. The Kier molecular flexibility index (Phi) is 2.35. The number of halogens is 1. The third kappa shape index (κ3) is 1.74. The van der Waals surface area contributed by atoms with Crippen molar-refractivity contribution in [1.82, 2.24) is 19.7 Å². The summed E-state index contributed by atoms with van der Waals surface area (Å²) in [6, 6.07) is 0. The molecule has 2 aromatic heterocycles. The number of nitrogens with zero attached hydrogens (tertiary/aromatic N) is 3. The summed E-state index contributed by atoms with van der Waals surface area (Å²) in [6.45, 7) is 1.26. The Morgan fingerprint density at radius 3 is 2.75 bits per heavy atom. The molecule has 0 aliphatic heterocycles. The van der Waals surface area contributed by atoms with Gasteiger partial charge in [-0.3, -0.25) is 14.6 Å². The van der Waals surface area contributed by atoms with E-state index in [1.54, 1.807) is 0 Å². The first-order valence-corrected chi connectivity index (χ1v) is 4.39. The maximum Gasteiger partial charge on any atom is 0.263 e. The smallest absolute Gasteiger partial charge is 0.263 e. The van der Waals surface area contributed by atoms with E-state index in [9.17, 15) is 14.0 Å². The summed E-state index contributed by atoms with van der Waals surface area (Å²) in [5.74, 6) is -0.871. The number of carbonyl (C=O) groups is 1. The number of Topliss-reactive ketones (excluding diaryl/α,β-unsaturated/α-hetero) is 1. The highest BCUT2D eigenvalue weighted by atomic mass is 19.1. The zero-order chi connectivity index (χ0) is 11.7. The first-order valence-electron chi connectivity index (χ1n) is 4.39. The highest BCUT2D eigenvalue weighted by molar-refractivity contribution is 5.93. The van der Waals surface area contributed by atoms with E-state index in [2.05, 4.69) is 15.1 Å². The van der Waals surface area contributed by atoms with Gasteiger partial charge < -0.3 is 0 Å². The molecule has 0 saturated carbocycles. The average molecular weight is 222 g/mol. The van der Waals surface area contributed by atoms with Crippen molar-refractivity contribution in [3.05, 3.63) is 40.3 Å². The second-order valence-electron chi connectivity index (χ2n) is 3.11. The van der Waals surface area contributed by atoms with Gasteiger partial charge in [0.15, 0.2) is 11.6 Å². The Hall–Kier alpha value is -2.31. The molecule has 2 heterocycles. The van der Waals surface area contributed by atoms with Crippen LogP contribution >= 0.6 is 0 Å².